The summed E-state index contributed by atoms with van der Waals surface area (Å²) in [4.78, 5) is 24.3. The summed E-state index contributed by atoms with van der Waals surface area (Å²) < 4.78 is 0. The van der Waals surface area contributed by atoms with Gasteiger partial charge >= 0.3 is 0 Å². The number of likely N-dealkylation sites (tertiary alicyclic amines) is 1. The van der Waals surface area contributed by atoms with Gasteiger partial charge in [0.2, 0.25) is 5.91 Å². The summed E-state index contributed by atoms with van der Waals surface area (Å²) in [6.45, 7) is 11.6. The third-order valence-corrected chi connectivity index (χ3v) is 6.27. The van der Waals surface area contributed by atoms with Crippen LogP contribution in [0.3, 0.4) is 0 Å². The lowest BCUT2D eigenvalue weighted by Crippen LogP contribution is -2.62. The first kappa shape index (κ1) is 21.1. The maximum absolute atomic E-state index is 12.2. The lowest BCUT2D eigenvalue weighted by atomic mass is 10.0. The Kier molecular flexibility index (Phi) is 7.61. The van der Waals surface area contributed by atoms with Gasteiger partial charge in [-0.1, -0.05) is 0 Å². The van der Waals surface area contributed by atoms with E-state index in [1.165, 1.54) is 26.2 Å². The zero-order chi connectivity index (χ0) is 17.9. The minimum atomic E-state index is 0. The summed E-state index contributed by atoms with van der Waals surface area (Å²) >= 11 is 0. The van der Waals surface area contributed by atoms with Crippen molar-refractivity contribution < 1.29 is 4.79 Å². The van der Waals surface area contributed by atoms with E-state index in [2.05, 4.69) is 32.3 Å². The molecule has 8 heteroatoms. The molecule has 2 bridgehead atoms. The third kappa shape index (κ3) is 5.47. The van der Waals surface area contributed by atoms with E-state index in [0.717, 1.165) is 64.4 Å². The van der Waals surface area contributed by atoms with Gasteiger partial charge in [-0.25, -0.2) is 0 Å². The van der Waals surface area contributed by atoms with E-state index in [1.54, 1.807) is 0 Å². The molecule has 0 radical (unpaired) electrons. The van der Waals surface area contributed by atoms with Gasteiger partial charge < -0.3 is 15.5 Å². The molecule has 0 aromatic carbocycles. The molecular weight excluding hydrogens is 455 g/mol. The van der Waals surface area contributed by atoms with E-state index in [-0.39, 0.29) is 24.0 Å². The number of guanidine groups is 1. The van der Waals surface area contributed by atoms with Crippen molar-refractivity contribution in [3.05, 3.63) is 0 Å². The zero-order valence-electron chi connectivity index (χ0n) is 16.5. The molecule has 0 spiro atoms. The molecule has 0 aromatic rings. The summed E-state index contributed by atoms with van der Waals surface area (Å²) in [7, 11) is 0. The fourth-order valence-corrected chi connectivity index (χ4v) is 4.44. The fourth-order valence-electron chi connectivity index (χ4n) is 4.44. The van der Waals surface area contributed by atoms with Crippen LogP contribution < -0.4 is 10.6 Å². The highest BCUT2D eigenvalue weighted by molar-refractivity contribution is 14.0. The average molecular weight is 490 g/mol. The van der Waals surface area contributed by atoms with Gasteiger partial charge in [0.1, 0.15) is 0 Å². The van der Waals surface area contributed by atoms with Gasteiger partial charge in [-0.2, -0.15) is 0 Å². The molecule has 7 nitrogen and oxygen atoms in total. The Morgan fingerprint density at radius 1 is 1.04 bits per heavy atom. The van der Waals surface area contributed by atoms with Crippen molar-refractivity contribution in [1.82, 2.24) is 25.3 Å². The van der Waals surface area contributed by atoms with Crippen LogP contribution in [-0.2, 0) is 4.79 Å². The summed E-state index contributed by atoms with van der Waals surface area (Å²) in [5.74, 6) is 1.67. The molecule has 5 aliphatic rings. The topological polar surface area (TPSA) is 63.2 Å². The molecule has 4 saturated heterocycles. The number of piperazine rings is 3. The number of carbonyl (C=O) groups is 1. The van der Waals surface area contributed by atoms with Crippen LogP contribution in [0.2, 0.25) is 0 Å². The molecule has 27 heavy (non-hydrogen) atoms. The quantitative estimate of drug-likeness (QED) is 0.335. The van der Waals surface area contributed by atoms with E-state index in [0.29, 0.717) is 23.9 Å². The highest BCUT2D eigenvalue weighted by Crippen LogP contribution is 2.31. The van der Waals surface area contributed by atoms with Gasteiger partial charge in [-0.15, -0.1) is 24.0 Å². The summed E-state index contributed by atoms with van der Waals surface area (Å²) in [6.07, 6.45) is 4.24. The number of hydrogen-bond donors (Lipinski definition) is 2. The number of carbonyl (C=O) groups excluding carboxylic acids is 1. The second-order valence-corrected chi connectivity index (χ2v) is 8.23. The highest BCUT2D eigenvalue weighted by Gasteiger charge is 2.35. The fraction of sp³-hybridized carbons (Fsp3) is 0.895. The average Bonchev–Trinajstić information content (AvgIpc) is 3.53. The monoisotopic (exact) mass is 490 g/mol. The van der Waals surface area contributed by atoms with Crippen molar-refractivity contribution >= 4 is 35.8 Å². The minimum absolute atomic E-state index is 0. The molecule has 1 unspecified atom stereocenters. The molecule has 1 aliphatic carbocycles. The van der Waals surface area contributed by atoms with Crippen LogP contribution in [0, 0.1) is 5.92 Å². The van der Waals surface area contributed by atoms with Crippen molar-refractivity contribution in [1.29, 1.82) is 0 Å². The summed E-state index contributed by atoms with van der Waals surface area (Å²) in [5, 5.41) is 7.02. The number of halogens is 1. The number of nitrogens with one attached hydrogen (secondary N) is 2. The van der Waals surface area contributed by atoms with Crippen molar-refractivity contribution in [2.75, 3.05) is 58.9 Å². The van der Waals surface area contributed by atoms with E-state index in [4.69, 9.17) is 4.99 Å². The zero-order valence-corrected chi connectivity index (χ0v) is 18.9. The second-order valence-electron chi connectivity index (χ2n) is 8.23. The van der Waals surface area contributed by atoms with Gasteiger partial charge in [0, 0.05) is 70.4 Å². The van der Waals surface area contributed by atoms with Crippen LogP contribution in [0.15, 0.2) is 4.99 Å². The largest absolute Gasteiger partial charge is 0.357 e. The Balaban J connectivity index is 0.00000210. The lowest BCUT2D eigenvalue weighted by Gasteiger charge is -2.47. The summed E-state index contributed by atoms with van der Waals surface area (Å²) in [5.41, 5.74) is 0. The summed E-state index contributed by atoms with van der Waals surface area (Å²) in [6, 6.07) is 0.980. The number of rotatable bonds is 5. The number of piperidine rings is 1. The van der Waals surface area contributed by atoms with Crippen LogP contribution in [0.1, 0.15) is 32.6 Å². The maximum Gasteiger partial charge on any atom is 0.225 e. The predicted octanol–water partition coefficient (Wildman–Crippen LogP) is 0.560. The Morgan fingerprint density at radius 2 is 1.74 bits per heavy atom. The molecule has 4 heterocycles. The van der Waals surface area contributed by atoms with Crippen LogP contribution >= 0.6 is 24.0 Å². The molecule has 5 fully saturated rings. The second kappa shape index (κ2) is 9.73. The van der Waals surface area contributed by atoms with Crippen LogP contribution in [0.4, 0.5) is 0 Å². The molecule has 5 rings (SSSR count). The molecule has 0 aromatic heterocycles. The molecule has 1 atom stereocenters. The van der Waals surface area contributed by atoms with E-state index < -0.39 is 0 Å². The Morgan fingerprint density at radius 3 is 2.30 bits per heavy atom. The third-order valence-electron chi connectivity index (χ3n) is 6.27. The molecule has 1 amide bonds. The SMILES string of the molecule is CCNC(=NCC1CN2CCN1CC2)NC1CCN(C(=O)C2CC2)CC1.I. The van der Waals surface area contributed by atoms with Crippen LogP contribution in [0.5, 0.6) is 0 Å². The van der Waals surface area contributed by atoms with Crippen LogP contribution in [0.25, 0.3) is 0 Å². The van der Waals surface area contributed by atoms with Crippen molar-refractivity contribution in [2.45, 2.75) is 44.7 Å². The van der Waals surface area contributed by atoms with E-state index >= 15 is 0 Å². The van der Waals surface area contributed by atoms with Gasteiger partial charge in [0.25, 0.3) is 0 Å². The molecule has 4 aliphatic heterocycles. The van der Waals surface area contributed by atoms with E-state index in [9.17, 15) is 4.79 Å². The number of amides is 1. The maximum atomic E-state index is 12.2. The predicted molar refractivity (Wildman–Crippen MR) is 119 cm³/mol. The molecule has 154 valence electrons. The van der Waals surface area contributed by atoms with Crippen molar-refractivity contribution in [3.8, 4) is 0 Å². The van der Waals surface area contributed by atoms with Crippen molar-refractivity contribution in [2.24, 2.45) is 10.9 Å². The molecular formula is C19H35IN6O. The minimum Gasteiger partial charge on any atom is -0.357 e. The Labute approximate surface area is 180 Å². The van der Waals surface area contributed by atoms with Gasteiger partial charge in [-0.05, 0) is 32.6 Å². The normalized spacial score (nSPS) is 31.4. The highest BCUT2D eigenvalue weighted by atomic mass is 127. The Bertz CT molecular complexity index is 524. The Hall–Kier alpha value is -0.610. The van der Waals surface area contributed by atoms with E-state index in [1.807, 2.05) is 0 Å². The number of fused-ring (bicyclic) bond motifs is 3. The standard InChI is InChI=1S/C19H34N6O.HI/c1-2-20-19(21-13-17-14-23-9-11-24(17)12-10-23)22-16-5-7-25(8-6-16)18(26)15-3-4-15;/h15-17H,2-14H2,1H3,(H2,20,21,22);1H. The first-order chi connectivity index (χ1) is 12.7. The number of nitrogens with zero attached hydrogens (tertiary/aromatic N) is 4. The first-order valence-corrected chi connectivity index (χ1v) is 10.5. The molecule has 2 N–H and O–H groups in total. The van der Waals surface area contributed by atoms with Crippen LogP contribution in [-0.4, -0.2) is 97.6 Å². The van der Waals surface area contributed by atoms with Gasteiger partial charge in [-0.3, -0.25) is 19.6 Å². The van der Waals surface area contributed by atoms with Gasteiger partial charge in [0.05, 0.1) is 6.54 Å². The van der Waals surface area contributed by atoms with Crippen molar-refractivity contribution in [3.63, 3.8) is 0 Å². The number of hydrogen-bond acceptors (Lipinski definition) is 4. The number of aliphatic imine (C=N–C) groups is 1. The smallest absolute Gasteiger partial charge is 0.225 e. The molecule has 1 saturated carbocycles. The first-order valence-electron chi connectivity index (χ1n) is 10.5. The van der Waals surface area contributed by atoms with Gasteiger partial charge in [0.15, 0.2) is 5.96 Å². The lowest BCUT2D eigenvalue weighted by molar-refractivity contribution is -0.133.